The Morgan fingerprint density at radius 1 is 1.53 bits per heavy atom. The zero-order valence-corrected chi connectivity index (χ0v) is 11.5. The monoisotopic (exact) mass is 265 g/mol. The van der Waals surface area contributed by atoms with Crippen LogP contribution in [0.2, 0.25) is 0 Å². The summed E-state index contributed by atoms with van der Waals surface area (Å²) in [6, 6.07) is -0.236. The van der Waals surface area contributed by atoms with E-state index in [1.165, 1.54) is 38.4 Å². The second-order valence-corrected chi connectivity index (χ2v) is 5.30. The van der Waals surface area contributed by atoms with E-state index in [0.29, 0.717) is 17.5 Å². The smallest absolute Gasteiger partial charge is 0.273 e. The Morgan fingerprint density at radius 2 is 2.26 bits per heavy atom. The number of hydrogen-bond acceptors (Lipinski definition) is 4. The Morgan fingerprint density at radius 3 is 2.95 bits per heavy atom. The summed E-state index contributed by atoms with van der Waals surface area (Å²) < 4.78 is 5.23. The van der Waals surface area contributed by atoms with Crippen LogP contribution in [0.5, 0.6) is 0 Å². The molecule has 1 aromatic rings. The van der Waals surface area contributed by atoms with Gasteiger partial charge in [-0.1, -0.05) is 26.2 Å². The molecule has 5 nitrogen and oxygen atoms in total. The summed E-state index contributed by atoms with van der Waals surface area (Å²) in [5.41, 5.74) is 6.14. The molecule has 1 unspecified atom stereocenters. The molecule has 1 fully saturated rings. The molecular formula is C14H23N3O2. The van der Waals surface area contributed by atoms with Crippen LogP contribution in [0.1, 0.15) is 67.9 Å². The maximum atomic E-state index is 11.9. The lowest BCUT2D eigenvalue weighted by molar-refractivity contribution is 0.0938. The Labute approximate surface area is 114 Å². The first-order valence-corrected chi connectivity index (χ1v) is 7.20. The number of amides is 1. The second kappa shape index (κ2) is 6.70. The van der Waals surface area contributed by atoms with Crippen LogP contribution in [-0.4, -0.2) is 17.4 Å². The predicted molar refractivity (Wildman–Crippen MR) is 72.6 cm³/mol. The fourth-order valence-electron chi connectivity index (χ4n) is 2.46. The van der Waals surface area contributed by atoms with Gasteiger partial charge in [-0.25, -0.2) is 4.98 Å². The lowest BCUT2D eigenvalue weighted by Gasteiger charge is -2.21. The summed E-state index contributed by atoms with van der Waals surface area (Å²) in [4.78, 5) is 16.1. The summed E-state index contributed by atoms with van der Waals surface area (Å²) in [7, 11) is 0. The third-order valence-corrected chi connectivity index (χ3v) is 3.79. The second-order valence-electron chi connectivity index (χ2n) is 5.30. The van der Waals surface area contributed by atoms with Gasteiger partial charge in [0.05, 0.1) is 6.04 Å². The summed E-state index contributed by atoms with van der Waals surface area (Å²) >= 11 is 0. The fourth-order valence-corrected chi connectivity index (χ4v) is 2.46. The van der Waals surface area contributed by atoms with Crippen LogP contribution in [-0.2, 0) is 0 Å². The molecule has 1 aromatic heterocycles. The van der Waals surface area contributed by atoms with Crippen molar-refractivity contribution in [2.45, 2.75) is 51.5 Å². The number of carbonyl (C=O) groups is 1. The summed E-state index contributed by atoms with van der Waals surface area (Å²) in [5, 5.41) is 2.94. The first-order chi connectivity index (χ1) is 9.20. The number of nitrogens with two attached hydrogens (primary N) is 1. The van der Waals surface area contributed by atoms with Crippen molar-refractivity contribution < 1.29 is 9.21 Å². The van der Waals surface area contributed by atoms with Gasteiger partial charge in [-0.05, 0) is 25.2 Å². The van der Waals surface area contributed by atoms with E-state index in [1.807, 2.05) is 6.92 Å². The molecule has 2 rings (SSSR count). The quantitative estimate of drug-likeness (QED) is 0.856. The topological polar surface area (TPSA) is 81.1 Å². The molecule has 0 bridgehead atoms. The highest BCUT2D eigenvalue weighted by Crippen LogP contribution is 2.22. The van der Waals surface area contributed by atoms with Crippen LogP contribution >= 0.6 is 0 Å². The van der Waals surface area contributed by atoms with Crippen LogP contribution in [0.3, 0.4) is 0 Å². The molecule has 5 heteroatoms. The number of oxazole rings is 1. The van der Waals surface area contributed by atoms with E-state index in [1.54, 1.807) is 0 Å². The molecule has 0 aromatic carbocycles. The highest BCUT2D eigenvalue weighted by molar-refractivity contribution is 5.91. The third-order valence-electron chi connectivity index (χ3n) is 3.79. The van der Waals surface area contributed by atoms with Gasteiger partial charge in [-0.15, -0.1) is 0 Å². The van der Waals surface area contributed by atoms with Crippen molar-refractivity contribution in [2.24, 2.45) is 11.7 Å². The van der Waals surface area contributed by atoms with Gasteiger partial charge in [-0.2, -0.15) is 0 Å². The summed E-state index contributed by atoms with van der Waals surface area (Å²) in [6.45, 7) is 2.69. The molecule has 19 heavy (non-hydrogen) atoms. The van der Waals surface area contributed by atoms with Crippen LogP contribution in [0.4, 0.5) is 0 Å². The van der Waals surface area contributed by atoms with Crippen molar-refractivity contribution in [3.05, 3.63) is 17.8 Å². The van der Waals surface area contributed by atoms with E-state index in [4.69, 9.17) is 10.2 Å². The molecule has 0 radical (unpaired) electrons. The van der Waals surface area contributed by atoms with E-state index in [2.05, 4.69) is 10.3 Å². The van der Waals surface area contributed by atoms with Crippen LogP contribution in [0, 0.1) is 5.92 Å². The van der Waals surface area contributed by atoms with Gasteiger partial charge in [0.15, 0.2) is 5.69 Å². The number of aromatic nitrogens is 1. The number of carbonyl (C=O) groups excluding carboxylic acids is 1. The van der Waals surface area contributed by atoms with Gasteiger partial charge in [0.2, 0.25) is 5.89 Å². The van der Waals surface area contributed by atoms with Crippen LogP contribution < -0.4 is 11.1 Å². The molecule has 1 atom stereocenters. The normalized spacial score (nSPS) is 18.2. The van der Waals surface area contributed by atoms with Crippen molar-refractivity contribution in [1.29, 1.82) is 0 Å². The van der Waals surface area contributed by atoms with Crippen molar-refractivity contribution >= 4 is 5.91 Å². The van der Waals surface area contributed by atoms with Crippen molar-refractivity contribution in [2.75, 3.05) is 6.54 Å². The molecule has 3 N–H and O–H groups in total. The zero-order valence-electron chi connectivity index (χ0n) is 11.5. The summed E-state index contributed by atoms with van der Waals surface area (Å²) in [6.07, 6.45) is 8.44. The van der Waals surface area contributed by atoms with Crippen molar-refractivity contribution in [1.82, 2.24) is 10.3 Å². The van der Waals surface area contributed by atoms with Crippen LogP contribution in [0.25, 0.3) is 0 Å². The average molecular weight is 265 g/mol. The van der Waals surface area contributed by atoms with Gasteiger partial charge in [0, 0.05) is 6.54 Å². The minimum absolute atomic E-state index is 0.163. The minimum Gasteiger partial charge on any atom is -0.446 e. The Bertz CT molecular complexity index is 411. The highest BCUT2D eigenvalue weighted by Gasteiger charge is 2.18. The molecule has 1 aliphatic rings. The van der Waals surface area contributed by atoms with Gasteiger partial charge in [0.1, 0.15) is 6.26 Å². The SMILES string of the molecule is CCC(N)c1nc(C(=O)NCC2CCCCC2)co1. The third kappa shape index (κ3) is 3.80. The summed E-state index contributed by atoms with van der Waals surface area (Å²) in [5.74, 6) is 0.885. The van der Waals surface area contributed by atoms with Gasteiger partial charge >= 0.3 is 0 Å². The van der Waals surface area contributed by atoms with E-state index in [-0.39, 0.29) is 11.9 Å². The standard InChI is InChI=1S/C14H23N3O2/c1-2-11(15)14-17-12(9-19-14)13(18)16-8-10-6-4-3-5-7-10/h9-11H,2-8,15H2,1H3,(H,16,18). The Balaban J connectivity index is 1.83. The molecular weight excluding hydrogens is 242 g/mol. The number of rotatable bonds is 5. The molecule has 1 aliphatic carbocycles. The average Bonchev–Trinajstić information content (AvgIpc) is 2.95. The maximum absolute atomic E-state index is 11.9. The molecule has 0 saturated heterocycles. The molecule has 0 aliphatic heterocycles. The predicted octanol–water partition coefficient (Wildman–Crippen LogP) is 2.39. The number of hydrogen-bond donors (Lipinski definition) is 2. The van der Waals surface area contributed by atoms with E-state index >= 15 is 0 Å². The fraction of sp³-hybridized carbons (Fsp3) is 0.714. The van der Waals surface area contributed by atoms with Gasteiger partial charge < -0.3 is 15.5 Å². The first-order valence-electron chi connectivity index (χ1n) is 7.20. The van der Waals surface area contributed by atoms with Crippen molar-refractivity contribution in [3.8, 4) is 0 Å². The number of nitrogens with one attached hydrogen (secondary N) is 1. The van der Waals surface area contributed by atoms with E-state index in [0.717, 1.165) is 13.0 Å². The maximum Gasteiger partial charge on any atom is 0.273 e. The van der Waals surface area contributed by atoms with Crippen molar-refractivity contribution in [3.63, 3.8) is 0 Å². The lowest BCUT2D eigenvalue weighted by atomic mass is 9.89. The zero-order chi connectivity index (χ0) is 13.7. The minimum atomic E-state index is -0.236. The van der Waals surface area contributed by atoms with Gasteiger partial charge in [-0.3, -0.25) is 4.79 Å². The van der Waals surface area contributed by atoms with E-state index in [9.17, 15) is 4.79 Å². The molecule has 1 saturated carbocycles. The van der Waals surface area contributed by atoms with E-state index < -0.39 is 0 Å². The Hall–Kier alpha value is -1.36. The first kappa shape index (κ1) is 14.1. The molecule has 106 valence electrons. The highest BCUT2D eigenvalue weighted by atomic mass is 16.3. The number of nitrogens with zero attached hydrogens (tertiary/aromatic N) is 1. The molecule has 1 heterocycles. The molecule has 0 spiro atoms. The lowest BCUT2D eigenvalue weighted by Crippen LogP contribution is -2.30. The molecule has 1 amide bonds. The van der Waals surface area contributed by atoms with Gasteiger partial charge in [0.25, 0.3) is 5.91 Å². The Kier molecular flexibility index (Phi) is 4.96. The largest absolute Gasteiger partial charge is 0.446 e. The van der Waals surface area contributed by atoms with Crippen LogP contribution in [0.15, 0.2) is 10.7 Å².